The first-order valence-electron chi connectivity index (χ1n) is 6.57. The normalized spacial score (nSPS) is 10.8. The van der Waals surface area contributed by atoms with Gasteiger partial charge in [0.1, 0.15) is 0 Å². The first-order valence-corrected chi connectivity index (χ1v) is 7.93. The number of non-ortho nitro benzene ring substituents is 1. The summed E-state index contributed by atoms with van der Waals surface area (Å²) in [5.41, 5.74) is 0.0238. The van der Waals surface area contributed by atoms with Crippen LogP contribution in [0.15, 0.2) is 27.8 Å². The van der Waals surface area contributed by atoms with E-state index in [1.54, 1.807) is 0 Å². The van der Waals surface area contributed by atoms with E-state index in [0.29, 0.717) is 5.89 Å². The van der Waals surface area contributed by atoms with Gasteiger partial charge in [0.05, 0.1) is 21.4 Å². The Balaban J connectivity index is 1.96. The molecule has 2 rings (SSSR count). The minimum atomic E-state index is -0.563. The number of carbonyl (C=O) groups is 1. The highest BCUT2D eigenvalue weighted by atomic mass is 35.5. The molecule has 0 spiro atoms. The van der Waals surface area contributed by atoms with Crippen molar-refractivity contribution in [1.29, 1.82) is 0 Å². The summed E-state index contributed by atoms with van der Waals surface area (Å²) in [4.78, 5) is 22.1. The van der Waals surface area contributed by atoms with Gasteiger partial charge in [-0.25, -0.2) is 0 Å². The van der Waals surface area contributed by atoms with E-state index >= 15 is 0 Å². The number of anilines is 1. The van der Waals surface area contributed by atoms with Crippen LogP contribution in [0.5, 0.6) is 0 Å². The van der Waals surface area contributed by atoms with Gasteiger partial charge in [0.15, 0.2) is 0 Å². The van der Waals surface area contributed by atoms with E-state index in [-0.39, 0.29) is 39.2 Å². The highest BCUT2D eigenvalue weighted by molar-refractivity contribution is 7.99. The van der Waals surface area contributed by atoms with Crippen molar-refractivity contribution in [2.75, 3.05) is 11.1 Å². The molecule has 0 radical (unpaired) electrons. The molecule has 0 fully saturated rings. The summed E-state index contributed by atoms with van der Waals surface area (Å²) >= 11 is 6.99. The van der Waals surface area contributed by atoms with Crippen molar-refractivity contribution in [2.45, 2.75) is 25.0 Å². The molecule has 23 heavy (non-hydrogen) atoms. The number of nitro groups is 1. The molecule has 1 N–H and O–H groups in total. The monoisotopic (exact) mass is 356 g/mol. The molecule has 1 aromatic carbocycles. The van der Waals surface area contributed by atoms with E-state index in [9.17, 15) is 14.9 Å². The fourth-order valence-electron chi connectivity index (χ4n) is 1.55. The molecular weight excluding hydrogens is 344 g/mol. The average molecular weight is 357 g/mol. The van der Waals surface area contributed by atoms with Crippen molar-refractivity contribution in [3.05, 3.63) is 39.2 Å². The van der Waals surface area contributed by atoms with Crippen LogP contribution in [0, 0.1) is 10.1 Å². The zero-order chi connectivity index (χ0) is 17.0. The molecule has 0 bridgehead atoms. The van der Waals surface area contributed by atoms with E-state index < -0.39 is 4.92 Å². The SMILES string of the molecule is CC(C)c1nnc(SCC(=O)Nc2cc([N+](=O)[O-])ccc2Cl)o1. The smallest absolute Gasteiger partial charge is 0.277 e. The van der Waals surface area contributed by atoms with Gasteiger partial charge >= 0.3 is 0 Å². The van der Waals surface area contributed by atoms with Crippen LogP contribution in [0.4, 0.5) is 11.4 Å². The summed E-state index contributed by atoms with van der Waals surface area (Å²) in [6, 6.07) is 3.82. The molecule has 2 aromatic rings. The Hall–Kier alpha value is -2.13. The molecule has 8 nitrogen and oxygen atoms in total. The topological polar surface area (TPSA) is 111 Å². The molecule has 0 aliphatic rings. The van der Waals surface area contributed by atoms with E-state index in [2.05, 4.69) is 15.5 Å². The zero-order valence-electron chi connectivity index (χ0n) is 12.3. The fraction of sp³-hybridized carbons (Fsp3) is 0.308. The lowest BCUT2D eigenvalue weighted by molar-refractivity contribution is -0.384. The number of benzene rings is 1. The molecule has 0 saturated heterocycles. The van der Waals surface area contributed by atoms with Crippen LogP contribution in [0.1, 0.15) is 25.7 Å². The first kappa shape index (κ1) is 17.2. The number of amides is 1. The second kappa shape index (κ2) is 7.42. The highest BCUT2D eigenvalue weighted by Crippen LogP contribution is 2.27. The largest absolute Gasteiger partial charge is 0.416 e. The summed E-state index contributed by atoms with van der Waals surface area (Å²) in [5, 5.41) is 21.4. The van der Waals surface area contributed by atoms with E-state index in [1.165, 1.54) is 18.2 Å². The Labute approximate surface area is 140 Å². The van der Waals surface area contributed by atoms with Gasteiger partial charge < -0.3 is 9.73 Å². The number of nitro benzene ring substituents is 1. The number of carbonyl (C=O) groups excluding carboxylic acids is 1. The van der Waals surface area contributed by atoms with Crippen LogP contribution >= 0.6 is 23.4 Å². The minimum absolute atomic E-state index is 0.0126. The van der Waals surface area contributed by atoms with Crippen molar-refractivity contribution in [3.63, 3.8) is 0 Å². The fourth-order valence-corrected chi connectivity index (χ4v) is 2.28. The third kappa shape index (κ3) is 4.67. The molecule has 0 aliphatic carbocycles. The van der Waals surface area contributed by atoms with Gasteiger partial charge in [-0.3, -0.25) is 14.9 Å². The van der Waals surface area contributed by atoms with Crippen LogP contribution in [-0.4, -0.2) is 26.8 Å². The van der Waals surface area contributed by atoms with Crippen LogP contribution in [0.2, 0.25) is 5.02 Å². The maximum absolute atomic E-state index is 11.9. The average Bonchev–Trinajstić information content (AvgIpc) is 2.96. The van der Waals surface area contributed by atoms with Crippen molar-refractivity contribution >= 4 is 40.6 Å². The second-order valence-corrected chi connectivity index (χ2v) is 6.15. The summed E-state index contributed by atoms with van der Waals surface area (Å²) in [7, 11) is 0. The predicted molar refractivity (Wildman–Crippen MR) is 85.8 cm³/mol. The van der Waals surface area contributed by atoms with Crippen molar-refractivity contribution in [3.8, 4) is 0 Å². The van der Waals surface area contributed by atoms with E-state index in [4.69, 9.17) is 16.0 Å². The molecule has 1 amide bonds. The molecule has 1 heterocycles. The molecule has 0 unspecified atom stereocenters. The van der Waals surface area contributed by atoms with Crippen molar-refractivity contribution in [2.24, 2.45) is 0 Å². The van der Waals surface area contributed by atoms with Gasteiger partial charge in [-0.15, -0.1) is 10.2 Å². The number of rotatable bonds is 6. The quantitative estimate of drug-likeness (QED) is 0.479. The molecule has 0 aliphatic heterocycles. The van der Waals surface area contributed by atoms with Crippen LogP contribution < -0.4 is 5.32 Å². The van der Waals surface area contributed by atoms with Crippen LogP contribution in [0.25, 0.3) is 0 Å². The minimum Gasteiger partial charge on any atom is -0.416 e. The second-order valence-electron chi connectivity index (χ2n) is 4.82. The summed E-state index contributed by atoms with van der Waals surface area (Å²) in [6.07, 6.45) is 0. The third-order valence-electron chi connectivity index (χ3n) is 2.68. The van der Waals surface area contributed by atoms with Gasteiger partial charge in [0.2, 0.25) is 11.8 Å². The maximum Gasteiger partial charge on any atom is 0.277 e. The van der Waals surface area contributed by atoms with E-state index in [0.717, 1.165) is 11.8 Å². The number of nitrogens with zero attached hydrogens (tertiary/aromatic N) is 3. The standard InChI is InChI=1S/C13H13ClN4O4S/c1-7(2)12-16-17-13(22-12)23-6-11(19)15-10-5-8(18(20)21)3-4-9(10)14/h3-5,7H,6H2,1-2H3,(H,15,19). The van der Waals surface area contributed by atoms with Crippen LogP contribution in [-0.2, 0) is 4.79 Å². The predicted octanol–water partition coefficient (Wildman–Crippen LogP) is 3.49. The van der Waals surface area contributed by atoms with Crippen molar-refractivity contribution in [1.82, 2.24) is 10.2 Å². The van der Waals surface area contributed by atoms with Crippen molar-refractivity contribution < 1.29 is 14.1 Å². The van der Waals surface area contributed by atoms with Gasteiger partial charge in [-0.1, -0.05) is 37.2 Å². The Bertz CT molecular complexity index is 735. The molecule has 1 aromatic heterocycles. The van der Waals surface area contributed by atoms with Gasteiger partial charge in [-0.2, -0.15) is 0 Å². The number of hydrogen-bond donors (Lipinski definition) is 1. The molecule has 122 valence electrons. The maximum atomic E-state index is 11.9. The lowest BCUT2D eigenvalue weighted by Crippen LogP contribution is -2.14. The summed E-state index contributed by atoms with van der Waals surface area (Å²) in [5.74, 6) is 0.226. The molecule has 10 heteroatoms. The summed E-state index contributed by atoms with van der Waals surface area (Å²) < 4.78 is 5.37. The molecule has 0 atom stereocenters. The lowest BCUT2D eigenvalue weighted by Gasteiger charge is -2.06. The van der Waals surface area contributed by atoms with Gasteiger partial charge in [0, 0.05) is 18.1 Å². The number of hydrogen-bond acceptors (Lipinski definition) is 7. The van der Waals surface area contributed by atoms with E-state index in [1.807, 2.05) is 13.8 Å². The Morgan fingerprint density at radius 2 is 2.22 bits per heavy atom. The van der Waals surface area contributed by atoms with Gasteiger partial charge in [0.25, 0.3) is 10.9 Å². The highest BCUT2D eigenvalue weighted by Gasteiger charge is 2.14. The number of aromatic nitrogens is 2. The molecule has 0 saturated carbocycles. The third-order valence-corrected chi connectivity index (χ3v) is 3.83. The Kier molecular flexibility index (Phi) is 5.56. The first-order chi connectivity index (χ1) is 10.9. The zero-order valence-corrected chi connectivity index (χ0v) is 13.8. The lowest BCUT2D eigenvalue weighted by atomic mass is 10.2. The van der Waals surface area contributed by atoms with Gasteiger partial charge in [-0.05, 0) is 6.07 Å². The molecular formula is C13H13ClN4O4S. The number of halogens is 1. The number of thioether (sulfide) groups is 1. The number of nitrogens with one attached hydrogen (secondary N) is 1. The van der Waals surface area contributed by atoms with Crippen LogP contribution in [0.3, 0.4) is 0 Å². The summed E-state index contributed by atoms with van der Waals surface area (Å²) in [6.45, 7) is 3.83. The Morgan fingerprint density at radius 3 is 2.83 bits per heavy atom. The Morgan fingerprint density at radius 1 is 1.48 bits per heavy atom.